The number of hydrogen-bond donors (Lipinski definition) is 0. The highest BCUT2D eigenvalue weighted by atomic mass is 127. The first-order chi connectivity index (χ1) is 16.4. The Balaban J connectivity index is 1.83. The SMILES string of the molecule is CCCCCCCC1(CC[C@@H]2C(C/C=C\CCCC(=O)OC(C)C)C(=O)C[C@H]2CI)OCCO1. The minimum atomic E-state index is -0.432. The number of carbonyl (C=O) groups excluding carboxylic acids is 2. The van der Waals surface area contributed by atoms with Crippen molar-refractivity contribution in [3.8, 4) is 0 Å². The van der Waals surface area contributed by atoms with E-state index in [1.165, 1.54) is 25.7 Å². The zero-order chi connectivity index (χ0) is 24.8. The molecule has 1 unspecified atom stereocenters. The van der Waals surface area contributed by atoms with E-state index < -0.39 is 5.79 Å². The second-order valence-corrected chi connectivity index (χ2v) is 11.2. The maximum absolute atomic E-state index is 12.9. The van der Waals surface area contributed by atoms with Gasteiger partial charge in [0.1, 0.15) is 5.78 Å². The number of ketones is 1. The summed E-state index contributed by atoms with van der Waals surface area (Å²) in [5, 5.41) is 0. The molecule has 196 valence electrons. The van der Waals surface area contributed by atoms with Crippen LogP contribution in [0.25, 0.3) is 0 Å². The van der Waals surface area contributed by atoms with Gasteiger partial charge in [0.15, 0.2) is 5.79 Å². The molecule has 1 heterocycles. The number of allylic oxidation sites excluding steroid dienone is 2. The molecule has 0 spiro atoms. The molecule has 6 heteroatoms. The molecule has 0 aromatic heterocycles. The number of esters is 1. The van der Waals surface area contributed by atoms with Gasteiger partial charge in [0.2, 0.25) is 0 Å². The standard InChI is InChI=1S/C28H47IO5/c1-4-5-6-9-12-16-28(32-18-19-33-28)17-15-24-23(21-29)20-26(30)25(24)13-10-7-8-11-14-27(31)34-22(2)3/h7,10,22-25H,4-6,8-9,11-21H2,1-3H3/b10-7-/t23-,24-,25?/m0/s1. The summed E-state index contributed by atoms with van der Waals surface area (Å²) in [7, 11) is 0. The van der Waals surface area contributed by atoms with Crippen LogP contribution in [0.4, 0.5) is 0 Å². The molecule has 0 aromatic carbocycles. The summed E-state index contributed by atoms with van der Waals surface area (Å²) < 4.78 is 18.5. The van der Waals surface area contributed by atoms with Crippen molar-refractivity contribution in [2.24, 2.45) is 17.8 Å². The molecule has 0 N–H and O–H groups in total. The third-order valence-corrected chi connectivity index (χ3v) is 8.34. The Hall–Kier alpha value is -0.470. The molecule has 3 atom stereocenters. The normalized spacial score (nSPS) is 24.5. The smallest absolute Gasteiger partial charge is 0.306 e. The fraction of sp³-hybridized carbons (Fsp3) is 0.857. The fourth-order valence-corrected chi connectivity index (χ4v) is 6.35. The molecule has 0 amide bonds. The van der Waals surface area contributed by atoms with E-state index in [0.717, 1.165) is 49.4 Å². The van der Waals surface area contributed by atoms with E-state index in [4.69, 9.17) is 14.2 Å². The van der Waals surface area contributed by atoms with Gasteiger partial charge in [-0.05, 0) is 57.8 Å². The maximum Gasteiger partial charge on any atom is 0.306 e. The first-order valence-corrected chi connectivity index (χ1v) is 15.1. The number of Topliss-reactive ketones (excluding diaryl/α,β-unsaturated/α-hetero) is 1. The van der Waals surface area contributed by atoms with Crippen LogP contribution in [0.1, 0.15) is 104 Å². The number of ether oxygens (including phenoxy) is 3. The van der Waals surface area contributed by atoms with Crippen molar-refractivity contribution < 1.29 is 23.8 Å². The van der Waals surface area contributed by atoms with E-state index >= 15 is 0 Å². The lowest BCUT2D eigenvalue weighted by Crippen LogP contribution is -2.32. The molecule has 2 fully saturated rings. The Labute approximate surface area is 221 Å². The van der Waals surface area contributed by atoms with Crippen LogP contribution in [-0.4, -0.2) is 41.3 Å². The molecule has 1 aliphatic heterocycles. The van der Waals surface area contributed by atoms with Gasteiger partial charge in [-0.3, -0.25) is 9.59 Å². The summed E-state index contributed by atoms with van der Waals surface area (Å²) in [6.45, 7) is 7.36. The van der Waals surface area contributed by atoms with Crippen molar-refractivity contribution in [1.82, 2.24) is 0 Å². The van der Waals surface area contributed by atoms with Crippen LogP contribution >= 0.6 is 22.6 Å². The quantitative estimate of drug-likeness (QED) is 0.0590. The van der Waals surface area contributed by atoms with Gasteiger partial charge in [-0.15, -0.1) is 0 Å². The van der Waals surface area contributed by atoms with Crippen molar-refractivity contribution in [1.29, 1.82) is 0 Å². The largest absolute Gasteiger partial charge is 0.463 e. The van der Waals surface area contributed by atoms with E-state index in [1.807, 2.05) is 13.8 Å². The molecule has 1 saturated heterocycles. The molecule has 1 saturated carbocycles. The highest BCUT2D eigenvalue weighted by molar-refractivity contribution is 14.1. The summed E-state index contributed by atoms with van der Waals surface area (Å²) in [6.07, 6.45) is 16.9. The minimum absolute atomic E-state index is 0.0561. The van der Waals surface area contributed by atoms with Crippen LogP contribution < -0.4 is 0 Å². The third-order valence-electron chi connectivity index (χ3n) is 7.21. The Morgan fingerprint density at radius 2 is 1.85 bits per heavy atom. The van der Waals surface area contributed by atoms with E-state index in [-0.39, 0.29) is 18.0 Å². The van der Waals surface area contributed by atoms with Crippen LogP contribution in [0.3, 0.4) is 0 Å². The predicted molar refractivity (Wildman–Crippen MR) is 145 cm³/mol. The van der Waals surface area contributed by atoms with Crippen molar-refractivity contribution in [2.75, 3.05) is 17.6 Å². The van der Waals surface area contributed by atoms with Gasteiger partial charge >= 0.3 is 5.97 Å². The van der Waals surface area contributed by atoms with Gasteiger partial charge < -0.3 is 14.2 Å². The number of carbonyl (C=O) groups is 2. The van der Waals surface area contributed by atoms with Crippen LogP contribution in [0.5, 0.6) is 0 Å². The van der Waals surface area contributed by atoms with E-state index in [9.17, 15) is 9.59 Å². The van der Waals surface area contributed by atoms with Crippen molar-refractivity contribution >= 4 is 34.3 Å². The van der Waals surface area contributed by atoms with Gasteiger partial charge in [0.25, 0.3) is 0 Å². The van der Waals surface area contributed by atoms with Gasteiger partial charge in [-0.2, -0.15) is 0 Å². The van der Waals surface area contributed by atoms with Crippen LogP contribution in [-0.2, 0) is 23.8 Å². The molecular weight excluding hydrogens is 543 g/mol. The molecule has 34 heavy (non-hydrogen) atoms. The van der Waals surface area contributed by atoms with Gasteiger partial charge in [0.05, 0.1) is 19.3 Å². The Morgan fingerprint density at radius 1 is 1.12 bits per heavy atom. The lowest BCUT2D eigenvalue weighted by Gasteiger charge is -2.31. The highest BCUT2D eigenvalue weighted by Crippen LogP contribution is 2.43. The average molecular weight is 591 g/mol. The Kier molecular flexibility index (Phi) is 14.3. The fourth-order valence-electron chi connectivity index (χ4n) is 5.38. The first-order valence-electron chi connectivity index (χ1n) is 13.6. The maximum atomic E-state index is 12.9. The molecule has 0 radical (unpaired) electrons. The number of unbranched alkanes of at least 4 members (excludes halogenated alkanes) is 5. The van der Waals surface area contributed by atoms with E-state index in [0.29, 0.717) is 43.7 Å². The molecule has 5 nitrogen and oxygen atoms in total. The monoisotopic (exact) mass is 590 g/mol. The van der Waals surface area contributed by atoms with E-state index in [1.54, 1.807) is 0 Å². The second kappa shape index (κ2) is 16.3. The Bertz CT molecular complexity index is 626. The van der Waals surface area contributed by atoms with Gasteiger partial charge in [0, 0.05) is 36.0 Å². The molecule has 0 bridgehead atoms. The summed E-state index contributed by atoms with van der Waals surface area (Å²) in [6, 6.07) is 0. The first kappa shape index (κ1) is 29.8. The van der Waals surface area contributed by atoms with E-state index in [2.05, 4.69) is 41.7 Å². The van der Waals surface area contributed by atoms with Gasteiger partial charge in [-0.25, -0.2) is 0 Å². The number of rotatable bonds is 17. The van der Waals surface area contributed by atoms with Crippen LogP contribution in [0.2, 0.25) is 0 Å². The van der Waals surface area contributed by atoms with Crippen molar-refractivity contribution in [3.63, 3.8) is 0 Å². The van der Waals surface area contributed by atoms with Crippen LogP contribution in [0.15, 0.2) is 12.2 Å². The minimum Gasteiger partial charge on any atom is -0.463 e. The zero-order valence-corrected chi connectivity index (χ0v) is 23.9. The molecular formula is C28H47IO5. The average Bonchev–Trinajstić information content (AvgIpc) is 3.38. The number of halogens is 1. The summed E-state index contributed by atoms with van der Waals surface area (Å²) in [4.78, 5) is 24.5. The molecule has 2 rings (SSSR count). The lowest BCUT2D eigenvalue weighted by atomic mass is 9.82. The molecule has 0 aromatic rings. The predicted octanol–water partition coefficient (Wildman–Crippen LogP) is 7.19. The highest BCUT2D eigenvalue weighted by Gasteiger charge is 2.43. The number of alkyl halides is 1. The Morgan fingerprint density at radius 3 is 2.53 bits per heavy atom. The summed E-state index contributed by atoms with van der Waals surface area (Å²) in [5.74, 6) is 0.817. The molecule has 1 aliphatic carbocycles. The van der Waals surface area contributed by atoms with Gasteiger partial charge in [-0.1, -0.05) is 67.3 Å². The topological polar surface area (TPSA) is 61.8 Å². The lowest BCUT2D eigenvalue weighted by molar-refractivity contribution is -0.171. The zero-order valence-electron chi connectivity index (χ0n) is 21.7. The van der Waals surface area contributed by atoms with Crippen molar-refractivity contribution in [3.05, 3.63) is 12.2 Å². The molecule has 2 aliphatic rings. The summed E-state index contributed by atoms with van der Waals surface area (Å²) in [5.41, 5.74) is 0. The summed E-state index contributed by atoms with van der Waals surface area (Å²) >= 11 is 2.45. The second-order valence-electron chi connectivity index (χ2n) is 10.3. The third kappa shape index (κ3) is 10.3. The van der Waals surface area contributed by atoms with Crippen LogP contribution in [0, 0.1) is 17.8 Å². The van der Waals surface area contributed by atoms with Crippen molar-refractivity contribution in [2.45, 2.75) is 116 Å². The number of hydrogen-bond acceptors (Lipinski definition) is 5.